The number of benzene rings is 1. The standard InChI is InChI=1S/C12H17FN2O2/c1-9(14-2)7-15-12(16)8-17-11-6-4-3-5-10(11)13/h3-6,9,14H,7-8H2,1-2H3,(H,15,16). The minimum absolute atomic E-state index is 0.0873. The van der Waals surface area contributed by atoms with Crippen LogP contribution in [0, 0.1) is 5.82 Å². The van der Waals surface area contributed by atoms with Crippen molar-refractivity contribution in [2.24, 2.45) is 0 Å². The zero-order chi connectivity index (χ0) is 12.7. The molecule has 0 saturated carbocycles. The maximum atomic E-state index is 13.1. The molecule has 4 nitrogen and oxygen atoms in total. The van der Waals surface area contributed by atoms with Gasteiger partial charge < -0.3 is 15.4 Å². The number of likely N-dealkylation sites (N-methyl/N-ethyl adjacent to an activating group) is 1. The Morgan fingerprint density at radius 3 is 2.82 bits per heavy atom. The molecule has 0 heterocycles. The van der Waals surface area contributed by atoms with Gasteiger partial charge in [-0.15, -0.1) is 0 Å². The highest BCUT2D eigenvalue weighted by atomic mass is 19.1. The first-order chi connectivity index (χ1) is 8.13. The molecule has 1 unspecified atom stereocenters. The van der Waals surface area contributed by atoms with E-state index in [-0.39, 0.29) is 24.3 Å². The number of hydrogen-bond acceptors (Lipinski definition) is 3. The molecular formula is C12H17FN2O2. The van der Waals surface area contributed by atoms with Crippen molar-refractivity contribution in [2.75, 3.05) is 20.2 Å². The van der Waals surface area contributed by atoms with Crippen LogP contribution in [0.4, 0.5) is 4.39 Å². The Labute approximate surface area is 100 Å². The summed E-state index contributed by atoms with van der Waals surface area (Å²) < 4.78 is 18.2. The van der Waals surface area contributed by atoms with Gasteiger partial charge in [-0.1, -0.05) is 12.1 Å². The molecule has 1 aromatic rings. The third-order valence-corrected chi connectivity index (χ3v) is 2.29. The molecular weight excluding hydrogens is 223 g/mol. The second-order valence-corrected chi connectivity index (χ2v) is 3.71. The van der Waals surface area contributed by atoms with Crippen LogP contribution in [0.25, 0.3) is 0 Å². The monoisotopic (exact) mass is 240 g/mol. The van der Waals surface area contributed by atoms with E-state index in [4.69, 9.17) is 4.74 Å². The highest BCUT2D eigenvalue weighted by Gasteiger charge is 2.06. The van der Waals surface area contributed by atoms with E-state index < -0.39 is 5.82 Å². The van der Waals surface area contributed by atoms with Gasteiger partial charge in [-0.3, -0.25) is 4.79 Å². The van der Waals surface area contributed by atoms with Crippen molar-refractivity contribution in [3.63, 3.8) is 0 Å². The Balaban J connectivity index is 2.31. The summed E-state index contributed by atoms with van der Waals surface area (Å²) in [5.41, 5.74) is 0. The molecule has 0 aliphatic rings. The van der Waals surface area contributed by atoms with Crippen LogP contribution >= 0.6 is 0 Å². The molecule has 1 rings (SSSR count). The van der Waals surface area contributed by atoms with Crippen molar-refractivity contribution in [1.29, 1.82) is 0 Å². The van der Waals surface area contributed by atoms with Gasteiger partial charge in [0, 0.05) is 12.6 Å². The van der Waals surface area contributed by atoms with Crippen LogP contribution in [0.5, 0.6) is 5.75 Å². The molecule has 0 saturated heterocycles. The molecule has 5 heteroatoms. The number of amides is 1. The molecule has 0 aliphatic carbocycles. The summed E-state index contributed by atoms with van der Waals surface area (Å²) >= 11 is 0. The lowest BCUT2D eigenvalue weighted by Crippen LogP contribution is -2.39. The van der Waals surface area contributed by atoms with Crippen molar-refractivity contribution in [1.82, 2.24) is 10.6 Å². The summed E-state index contributed by atoms with van der Waals surface area (Å²) in [5, 5.41) is 5.66. The molecule has 17 heavy (non-hydrogen) atoms. The average Bonchev–Trinajstić information content (AvgIpc) is 2.35. The van der Waals surface area contributed by atoms with Gasteiger partial charge in [0.1, 0.15) is 0 Å². The van der Waals surface area contributed by atoms with Gasteiger partial charge in [0.25, 0.3) is 5.91 Å². The molecule has 0 aromatic heterocycles. The van der Waals surface area contributed by atoms with Gasteiger partial charge in [0.05, 0.1) is 0 Å². The van der Waals surface area contributed by atoms with Gasteiger partial charge in [-0.2, -0.15) is 0 Å². The van der Waals surface area contributed by atoms with E-state index in [1.807, 2.05) is 14.0 Å². The molecule has 94 valence electrons. The second kappa shape index (κ2) is 6.85. The van der Waals surface area contributed by atoms with E-state index in [0.717, 1.165) is 0 Å². The fraction of sp³-hybridized carbons (Fsp3) is 0.417. The van der Waals surface area contributed by atoms with Crippen LogP contribution in [0.1, 0.15) is 6.92 Å². The van der Waals surface area contributed by atoms with Gasteiger partial charge >= 0.3 is 0 Å². The van der Waals surface area contributed by atoms with E-state index >= 15 is 0 Å². The molecule has 1 atom stereocenters. The molecule has 0 bridgehead atoms. The number of nitrogens with one attached hydrogen (secondary N) is 2. The van der Waals surface area contributed by atoms with Gasteiger partial charge in [-0.25, -0.2) is 4.39 Å². The molecule has 0 spiro atoms. The lowest BCUT2D eigenvalue weighted by Gasteiger charge is -2.12. The molecule has 0 fully saturated rings. The lowest BCUT2D eigenvalue weighted by atomic mass is 10.3. The smallest absolute Gasteiger partial charge is 0.257 e. The number of hydrogen-bond donors (Lipinski definition) is 2. The van der Waals surface area contributed by atoms with Crippen LogP contribution in [-0.2, 0) is 4.79 Å². The number of para-hydroxylation sites is 1. The molecule has 0 radical (unpaired) electrons. The predicted octanol–water partition coefficient (Wildman–Crippen LogP) is 0.929. The Bertz CT molecular complexity index is 371. The maximum absolute atomic E-state index is 13.1. The Morgan fingerprint density at radius 1 is 1.47 bits per heavy atom. The van der Waals surface area contributed by atoms with Crippen molar-refractivity contribution in [3.8, 4) is 5.75 Å². The van der Waals surface area contributed by atoms with Crippen molar-refractivity contribution in [3.05, 3.63) is 30.1 Å². The Kier molecular flexibility index (Phi) is 5.42. The SMILES string of the molecule is CNC(C)CNC(=O)COc1ccccc1F. The zero-order valence-electron chi connectivity index (χ0n) is 10.00. The number of rotatable bonds is 6. The normalized spacial score (nSPS) is 11.9. The fourth-order valence-corrected chi connectivity index (χ4v) is 1.13. The van der Waals surface area contributed by atoms with E-state index in [0.29, 0.717) is 6.54 Å². The van der Waals surface area contributed by atoms with Crippen LogP contribution in [0.15, 0.2) is 24.3 Å². The summed E-state index contributed by atoms with van der Waals surface area (Å²) in [7, 11) is 1.81. The minimum atomic E-state index is -0.469. The summed E-state index contributed by atoms with van der Waals surface area (Å²) in [6.07, 6.45) is 0. The minimum Gasteiger partial charge on any atom is -0.481 e. The van der Waals surface area contributed by atoms with Crippen molar-refractivity contribution in [2.45, 2.75) is 13.0 Å². The number of carbonyl (C=O) groups excluding carboxylic acids is 1. The van der Waals surface area contributed by atoms with Crippen LogP contribution in [0.3, 0.4) is 0 Å². The van der Waals surface area contributed by atoms with Gasteiger partial charge in [0.15, 0.2) is 18.2 Å². The zero-order valence-corrected chi connectivity index (χ0v) is 10.00. The first-order valence-electron chi connectivity index (χ1n) is 5.44. The van der Waals surface area contributed by atoms with Crippen LogP contribution in [-0.4, -0.2) is 32.1 Å². The van der Waals surface area contributed by atoms with Crippen molar-refractivity contribution < 1.29 is 13.9 Å². The molecule has 0 aliphatic heterocycles. The maximum Gasteiger partial charge on any atom is 0.257 e. The van der Waals surface area contributed by atoms with Gasteiger partial charge in [0.2, 0.25) is 0 Å². The Hall–Kier alpha value is -1.62. The second-order valence-electron chi connectivity index (χ2n) is 3.71. The molecule has 1 aromatic carbocycles. The number of halogens is 1. The fourth-order valence-electron chi connectivity index (χ4n) is 1.13. The highest BCUT2D eigenvalue weighted by molar-refractivity contribution is 5.77. The topological polar surface area (TPSA) is 50.4 Å². The summed E-state index contributed by atoms with van der Waals surface area (Å²) in [6.45, 7) is 2.27. The number of carbonyl (C=O) groups is 1. The van der Waals surface area contributed by atoms with E-state index in [2.05, 4.69) is 10.6 Å². The van der Waals surface area contributed by atoms with E-state index in [1.165, 1.54) is 12.1 Å². The summed E-state index contributed by atoms with van der Waals surface area (Å²) in [5.74, 6) is -0.649. The quantitative estimate of drug-likeness (QED) is 0.777. The molecule has 2 N–H and O–H groups in total. The summed E-state index contributed by atoms with van der Waals surface area (Å²) in [4.78, 5) is 11.4. The van der Waals surface area contributed by atoms with Crippen LogP contribution in [0.2, 0.25) is 0 Å². The van der Waals surface area contributed by atoms with E-state index in [9.17, 15) is 9.18 Å². The van der Waals surface area contributed by atoms with E-state index in [1.54, 1.807) is 12.1 Å². The third-order valence-electron chi connectivity index (χ3n) is 2.29. The Morgan fingerprint density at radius 2 is 2.18 bits per heavy atom. The van der Waals surface area contributed by atoms with Gasteiger partial charge in [-0.05, 0) is 26.1 Å². The van der Waals surface area contributed by atoms with Crippen molar-refractivity contribution >= 4 is 5.91 Å². The third kappa shape index (κ3) is 4.82. The average molecular weight is 240 g/mol. The largest absolute Gasteiger partial charge is 0.481 e. The highest BCUT2D eigenvalue weighted by Crippen LogP contribution is 2.14. The lowest BCUT2D eigenvalue weighted by molar-refractivity contribution is -0.123. The van der Waals surface area contributed by atoms with Crippen LogP contribution < -0.4 is 15.4 Å². The first-order valence-corrected chi connectivity index (χ1v) is 5.44. The predicted molar refractivity (Wildman–Crippen MR) is 63.4 cm³/mol. The first kappa shape index (κ1) is 13.4. The summed E-state index contributed by atoms with van der Waals surface area (Å²) in [6, 6.07) is 6.18. The molecule has 1 amide bonds. The number of ether oxygens (including phenoxy) is 1.